The molecule has 1 unspecified atom stereocenters. The Morgan fingerprint density at radius 1 is 1.43 bits per heavy atom. The van der Waals surface area contributed by atoms with Crippen molar-refractivity contribution in [1.29, 1.82) is 0 Å². The monoisotopic (exact) mass is 307 g/mol. The molecule has 112 valence electrons. The lowest BCUT2D eigenvalue weighted by Gasteiger charge is -2.14. The van der Waals surface area contributed by atoms with Crippen LogP contribution in [-0.2, 0) is 11.3 Å². The van der Waals surface area contributed by atoms with Gasteiger partial charge in [-0.05, 0) is 26.0 Å². The van der Waals surface area contributed by atoms with E-state index in [4.69, 9.17) is 11.6 Å². The molecule has 5 nitrogen and oxygen atoms in total. The van der Waals surface area contributed by atoms with Crippen molar-refractivity contribution in [2.75, 3.05) is 5.32 Å². The van der Waals surface area contributed by atoms with Crippen LogP contribution in [0.3, 0.4) is 0 Å². The molecule has 1 atom stereocenters. The van der Waals surface area contributed by atoms with Crippen molar-refractivity contribution in [2.45, 2.75) is 27.3 Å². The average Bonchev–Trinajstić information content (AvgIpc) is 2.68. The quantitative estimate of drug-likeness (QED) is 0.853. The number of aromatic nitrogens is 2. The third-order valence-corrected chi connectivity index (χ3v) is 3.90. The lowest BCUT2D eigenvalue weighted by atomic mass is 10.1. The van der Waals surface area contributed by atoms with E-state index in [-0.39, 0.29) is 17.6 Å². The highest BCUT2D eigenvalue weighted by Gasteiger charge is 2.18. The van der Waals surface area contributed by atoms with E-state index in [1.807, 2.05) is 13.8 Å². The van der Waals surface area contributed by atoms with Crippen molar-refractivity contribution in [2.24, 2.45) is 5.92 Å². The van der Waals surface area contributed by atoms with Crippen molar-refractivity contribution in [3.8, 4) is 5.75 Å². The highest BCUT2D eigenvalue weighted by Crippen LogP contribution is 2.23. The number of benzene rings is 1. The minimum Gasteiger partial charge on any atom is -0.506 e. The van der Waals surface area contributed by atoms with Gasteiger partial charge in [0.15, 0.2) is 0 Å². The van der Waals surface area contributed by atoms with E-state index in [0.717, 1.165) is 11.4 Å². The Kier molecular flexibility index (Phi) is 4.53. The number of halogens is 1. The number of hydrogen-bond donors (Lipinski definition) is 2. The van der Waals surface area contributed by atoms with Crippen LogP contribution < -0.4 is 5.32 Å². The van der Waals surface area contributed by atoms with Crippen molar-refractivity contribution >= 4 is 23.2 Å². The maximum atomic E-state index is 12.2. The summed E-state index contributed by atoms with van der Waals surface area (Å²) in [5.74, 6) is -0.439. The van der Waals surface area contributed by atoms with Gasteiger partial charge in [-0.2, -0.15) is 5.10 Å². The number of para-hydroxylation sites is 2. The van der Waals surface area contributed by atoms with Gasteiger partial charge in [-0.25, -0.2) is 0 Å². The predicted molar refractivity (Wildman–Crippen MR) is 82.6 cm³/mol. The van der Waals surface area contributed by atoms with E-state index in [1.54, 1.807) is 29.8 Å². The van der Waals surface area contributed by atoms with Crippen LogP contribution >= 0.6 is 11.6 Å². The van der Waals surface area contributed by atoms with E-state index in [0.29, 0.717) is 17.3 Å². The second kappa shape index (κ2) is 6.18. The molecule has 1 aromatic heterocycles. The Labute approximate surface area is 128 Å². The van der Waals surface area contributed by atoms with Gasteiger partial charge in [-0.3, -0.25) is 9.48 Å². The number of aromatic hydroxyl groups is 1. The zero-order valence-electron chi connectivity index (χ0n) is 12.2. The summed E-state index contributed by atoms with van der Waals surface area (Å²) in [4.78, 5) is 12.2. The number of carbonyl (C=O) groups is 1. The highest BCUT2D eigenvalue weighted by molar-refractivity contribution is 6.31. The number of phenolic OH excluding ortho intramolecular Hbond substituents is 1. The highest BCUT2D eigenvalue weighted by atomic mass is 35.5. The lowest BCUT2D eigenvalue weighted by molar-refractivity contribution is -0.119. The first-order valence-electron chi connectivity index (χ1n) is 6.68. The number of anilines is 1. The van der Waals surface area contributed by atoms with E-state index in [2.05, 4.69) is 10.4 Å². The zero-order chi connectivity index (χ0) is 15.6. The maximum Gasteiger partial charge on any atom is 0.229 e. The predicted octanol–water partition coefficient (Wildman–Crippen LogP) is 3.13. The van der Waals surface area contributed by atoms with Crippen molar-refractivity contribution < 1.29 is 9.90 Å². The van der Waals surface area contributed by atoms with Gasteiger partial charge in [0.1, 0.15) is 5.75 Å². The van der Waals surface area contributed by atoms with Crippen LogP contribution in [0, 0.1) is 19.8 Å². The third-order valence-electron chi connectivity index (χ3n) is 3.35. The Morgan fingerprint density at radius 3 is 2.67 bits per heavy atom. The third kappa shape index (κ3) is 3.36. The normalized spacial score (nSPS) is 12.2. The summed E-state index contributed by atoms with van der Waals surface area (Å²) in [6, 6.07) is 6.63. The number of amides is 1. The lowest BCUT2D eigenvalue weighted by Crippen LogP contribution is -2.25. The number of carbonyl (C=O) groups excluding carboxylic acids is 1. The van der Waals surface area contributed by atoms with Crippen molar-refractivity contribution in [3.63, 3.8) is 0 Å². The van der Waals surface area contributed by atoms with Crippen LogP contribution in [0.4, 0.5) is 5.69 Å². The van der Waals surface area contributed by atoms with Crippen molar-refractivity contribution in [1.82, 2.24) is 9.78 Å². The Morgan fingerprint density at radius 2 is 2.10 bits per heavy atom. The summed E-state index contributed by atoms with van der Waals surface area (Å²) in [6.45, 7) is 5.94. The van der Waals surface area contributed by atoms with Gasteiger partial charge in [0.25, 0.3) is 0 Å². The molecule has 0 spiro atoms. The van der Waals surface area contributed by atoms with Gasteiger partial charge < -0.3 is 10.4 Å². The van der Waals surface area contributed by atoms with Crippen LogP contribution in [0.15, 0.2) is 24.3 Å². The molecule has 6 heteroatoms. The maximum absolute atomic E-state index is 12.2. The Hall–Kier alpha value is -2.01. The van der Waals surface area contributed by atoms with E-state index >= 15 is 0 Å². The topological polar surface area (TPSA) is 67.2 Å². The Bertz CT molecular complexity index is 667. The fourth-order valence-corrected chi connectivity index (χ4v) is 2.17. The number of hydrogen-bond acceptors (Lipinski definition) is 3. The zero-order valence-corrected chi connectivity index (χ0v) is 13.0. The molecule has 0 aliphatic rings. The molecule has 0 fully saturated rings. The second-order valence-electron chi connectivity index (χ2n) is 5.07. The van der Waals surface area contributed by atoms with Crippen molar-refractivity contribution in [3.05, 3.63) is 40.7 Å². The fourth-order valence-electron chi connectivity index (χ4n) is 2.03. The molecule has 0 aliphatic heterocycles. The molecule has 2 aromatic rings. The van der Waals surface area contributed by atoms with Gasteiger partial charge in [-0.15, -0.1) is 0 Å². The van der Waals surface area contributed by atoms with Crippen LogP contribution in [0.1, 0.15) is 18.3 Å². The SMILES string of the molecule is Cc1nn(CC(C)C(=O)Nc2ccccc2O)c(C)c1Cl. The van der Waals surface area contributed by atoms with Crippen LogP contribution in [-0.4, -0.2) is 20.8 Å². The Balaban J connectivity index is 2.06. The molecule has 0 radical (unpaired) electrons. The molecule has 0 aliphatic carbocycles. The molecule has 2 N–H and O–H groups in total. The largest absolute Gasteiger partial charge is 0.506 e. The summed E-state index contributed by atoms with van der Waals surface area (Å²) >= 11 is 6.09. The van der Waals surface area contributed by atoms with Gasteiger partial charge >= 0.3 is 0 Å². The fraction of sp³-hybridized carbons (Fsp3) is 0.333. The van der Waals surface area contributed by atoms with Crippen LogP contribution in [0.25, 0.3) is 0 Å². The van der Waals surface area contributed by atoms with Crippen LogP contribution in [0.5, 0.6) is 5.75 Å². The molecule has 2 rings (SSSR count). The second-order valence-corrected chi connectivity index (χ2v) is 5.45. The smallest absolute Gasteiger partial charge is 0.229 e. The summed E-state index contributed by atoms with van der Waals surface area (Å²) in [7, 11) is 0. The molecule has 21 heavy (non-hydrogen) atoms. The summed E-state index contributed by atoms with van der Waals surface area (Å²) in [6.07, 6.45) is 0. The van der Waals surface area contributed by atoms with E-state index in [1.165, 1.54) is 6.07 Å². The van der Waals surface area contributed by atoms with E-state index in [9.17, 15) is 9.90 Å². The minimum atomic E-state index is -0.307. The van der Waals surface area contributed by atoms with Gasteiger partial charge in [0.2, 0.25) is 5.91 Å². The number of rotatable bonds is 4. The molecular formula is C15H18ClN3O2. The van der Waals surface area contributed by atoms with E-state index < -0.39 is 0 Å². The molecule has 1 amide bonds. The number of phenols is 1. The van der Waals surface area contributed by atoms with Gasteiger partial charge in [0.05, 0.1) is 34.6 Å². The first kappa shape index (κ1) is 15.4. The minimum absolute atomic E-state index is 0.0483. The standard InChI is InChI=1S/C15H18ClN3O2/c1-9(8-19-11(3)14(16)10(2)18-19)15(21)17-12-6-4-5-7-13(12)20/h4-7,9,20H,8H2,1-3H3,(H,17,21). The molecule has 1 aromatic carbocycles. The number of nitrogens with zero attached hydrogens (tertiary/aromatic N) is 2. The van der Waals surface area contributed by atoms with Crippen LogP contribution in [0.2, 0.25) is 5.02 Å². The molecule has 0 saturated heterocycles. The van der Waals surface area contributed by atoms with Gasteiger partial charge in [0, 0.05) is 0 Å². The molecule has 0 saturated carbocycles. The first-order chi connectivity index (χ1) is 9.90. The molecule has 1 heterocycles. The number of nitrogens with one attached hydrogen (secondary N) is 1. The summed E-state index contributed by atoms with van der Waals surface area (Å²) in [5.41, 5.74) is 2.00. The average molecular weight is 308 g/mol. The van der Waals surface area contributed by atoms with Gasteiger partial charge in [-0.1, -0.05) is 30.7 Å². The first-order valence-corrected chi connectivity index (χ1v) is 7.06. The molecule has 0 bridgehead atoms. The summed E-state index contributed by atoms with van der Waals surface area (Å²) < 4.78 is 1.73. The summed E-state index contributed by atoms with van der Waals surface area (Å²) in [5, 5.41) is 17.3. The molecular weight excluding hydrogens is 290 g/mol. The number of aryl methyl sites for hydroxylation is 1.